The summed E-state index contributed by atoms with van der Waals surface area (Å²) in [6.07, 6.45) is 2.13. The van der Waals surface area contributed by atoms with Crippen LogP contribution in [0.5, 0.6) is 0 Å². The Kier molecular flexibility index (Phi) is 7.90. The molecule has 0 heterocycles. The highest BCUT2D eigenvalue weighted by atomic mass is 35.5. The molecular weight excluding hydrogens is 356 g/mol. The highest BCUT2D eigenvalue weighted by molar-refractivity contribution is 7.89. The first-order chi connectivity index (χ1) is 11.3. The van der Waals surface area contributed by atoms with Gasteiger partial charge in [-0.25, -0.2) is 17.9 Å². The Morgan fingerprint density at radius 2 is 2.08 bits per heavy atom. The van der Waals surface area contributed by atoms with E-state index < -0.39 is 28.5 Å². The summed E-state index contributed by atoms with van der Waals surface area (Å²) in [7, 11) is -3.89. The van der Waals surface area contributed by atoms with Crippen LogP contribution in [0.4, 0.5) is 0 Å². The quantitative estimate of drug-likeness (QED) is 0.503. The molecule has 24 heavy (non-hydrogen) atoms. The van der Waals surface area contributed by atoms with Crippen molar-refractivity contribution in [2.24, 2.45) is 0 Å². The second kappa shape index (κ2) is 9.41. The van der Waals surface area contributed by atoms with Gasteiger partial charge in [0.05, 0.1) is 10.6 Å². The predicted octanol–water partition coefficient (Wildman–Crippen LogP) is 1.49. The fourth-order valence-electron chi connectivity index (χ4n) is 1.61. The number of rotatable bonds is 9. The van der Waals surface area contributed by atoms with Crippen molar-refractivity contribution in [2.75, 3.05) is 19.7 Å². The molecule has 0 saturated heterocycles. The van der Waals surface area contributed by atoms with E-state index in [1.807, 2.05) is 6.92 Å². The van der Waals surface area contributed by atoms with E-state index in [-0.39, 0.29) is 22.0 Å². The maximum absolute atomic E-state index is 12.1. The van der Waals surface area contributed by atoms with E-state index in [1.165, 1.54) is 18.2 Å². The summed E-state index contributed by atoms with van der Waals surface area (Å²) in [5.41, 5.74) is -0.0262. The van der Waals surface area contributed by atoms with E-state index in [9.17, 15) is 18.0 Å². The summed E-state index contributed by atoms with van der Waals surface area (Å²) in [6, 6.07) is 3.69. The van der Waals surface area contributed by atoms with Gasteiger partial charge in [-0.1, -0.05) is 24.6 Å². The van der Waals surface area contributed by atoms with Crippen LogP contribution in [0.2, 0.25) is 5.02 Å². The Morgan fingerprint density at radius 3 is 2.71 bits per heavy atom. The van der Waals surface area contributed by atoms with Crippen LogP contribution in [0.15, 0.2) is 35.7 Å². The maximum atomic E-state index is 12.1. The number of benzene rings is 1. The zero-order chi connectivity index (χ0) is 18.2. The molecule has 0 aliphatic heterocycles. The molecule has 0 unspecified atom stereocenters. The molecule has 0 aliphatic rings. The minimum atomic E-state index is -3.89. The van der Waals surface area contributed by atoms with Crippen LogP contribution in [-0.4, -0.2) is 40.0 Å². The molecule has 0 aromatic heterocycles. The fourth-order valence-corrected chi connectivity index (χ4v) is 3.13. The number of nitrogens with one attached hydrogen (secondary N) is 2. The van der Waals surface area contributed by atoms with Crippen LogP contribution in [0.25, 0.3) is 0 Å². The summed E-state index contributed by atoms with van der Waals surface area (Å²) in [5.74, 6) is -1.25. The Balaban J connectivity index is 2.86. The zero-order valence-electron chi connectivity index (χ0n) is 13.2. The zero-order valence-corrected chi connectivity index (χ0v) is 14.7. The van der Waals surface area contributed by atoms with Crippen LogP contribution in [0.3, 0.4) is 0 Å². The van der Waals surface area contributed by atoms with E-state index in [1.54, 1.807) is 0 Å². The van der Waals surface area contributed by atoms with Gasteiger partial charge in [-0.05, 0) is 24.6 Å². The van der Waals surface area contributed by atoms with E-state index >= 15 is 0 Å². The van der Waals surface area contributed by atoms with Crippen molar-refractivity contribution < 1.29 is 22.7 Å². The summed E-state index contributed by atoms with van der Waals surface area (Å²) < 4.78 is 31.3. The number of carbonyl (C=O) groups is 2. The van der Waals surface area contributed by atoms with Crippen LogP contribution in [-0.2, 0) is 19.6 Å². The first-order valence-electron chi connectivity index (χ1n) is 7.15. The monoisotopic (exact) mass is 374 g/mol. The van der Waals surface area contributed by atoms with Gasteiger partial charge in [-0.2, -0.15) is 0 Å². The van der Waals surface area contributed by atoms with Gasteiger partial charge in [0.2, 0.25) is 10.0 Å². The third-order valence-corrected chi connectivity index (χ3v) is 4.69. The van der Waals surface area contributed by atoms with Crippen molar-refractivity contribution in [2.45, 2.75) is 18.2 Å². The topological polar surface area (TPSA) is 102 Å². The van der Waals surface area contributed by atoms with Gasteiger partial charge in [0.15, 0.2) is 6.61 Å². The van der Waals surface area contributed by atoms with Crippen molar-refractivity contribution in [3.8, 4) is 0 Å². The van der Waals surface area contributed by atoms with E-state index in [0.717, 1.165) is 12.5 Å². The van der Waals surface area contributed by atoms with Crippen molar-refractivity contribution in [1.82, 2.24) is 10.0 Å². The smallest absolute Gasteiger partial charge is 0.338 e. The molecule has 1 amide bonds. The van der Waals surface area contributed by atoms with Gasteiger partial charge in [0, 0.05) is 13.1 Å². The van der Waals surface area contributed by atoms with Gasteiger partial charge < -0.3 is 10.1 Å². The number of sulfonamides is 1. The van der Waals surface area contributed by atoms with Crippen molar-refractivity contribution >= 4 is 33.5 Å². The highest BCUT2D eigenvalue weighted by Crippen LogP contribution is 2.23. The molecule has 2 N–H and O–H groups in total. The number of hydrogen-bond donors (Lipinski definition) is 2. The number of esters is 1. The molecule has 0 bridgehead atoms. The second-order valence-electron chi connectivity index (χ2n) is 4.71. The number of halogens is 1. The van der Waals surface area contributed by atoms with Gasteiger partial charge in [-0.3, -0.25) is 4.79 Å². The average molecular weight is 375 g/mol. The first kappa shape index (κ1) is 20.1. The van der Waals surface area contributed by atoms with Gasteiger partial charge >= 0.3 is 5.97 Å². The number of carbonyl (C=O) groups excluding carboxylic acids is 2. The third kappa shape index (κ3) is 5.95. The lowest BCUT2D eigenvalue weighted by Crippen LogP contribution is -2.29. The minimum absolute atomic E-state index is 0.0188. The van der Waals surface area contributed by atoms with Crippen molar-refractivity contribution in [3.05, 3.63) is 41.4 Å². The number of amides is 1. The van der Waals surface area contributed by atoms with Crippen LogP contribution < -0.4 is 10.0 Å². The maximum Gasteiger partial charge on any atom is 0.338 e. The molecule has 7 nitrogen and oxygen atoms in total. The lowest BCUT2D eigenvalue weighted by molar-refractivity contribution is -0.124. The molecule has 1 aromatic rings. The van der Waals surface area contributed by atoms with E-state index in [0.29, 0.717) is 6.54 Å². The average Bonchev–Trinajstić information content (AvgIpc) is 2.56. The molecule has 0 radical (unpaired) electrons. The highest BCUT2D eigenvalue weighted by Gasteiger charge is 2.20. The van der Waals surface area contributed by atoms with Crippen molar-refractivity contribution in [1.29, 1.82) is 0 Å². The number of hydrogen-bond acceptors (Lipinski definition) is 5. The summed E-state index contributed by atoms with van der Waals surface area (Å²) in [6.45, 7) is 5.36. The van der Waals surface area contributed by atoms with E-state index in [4.69, 9.17) is 16.3 Å². The largest absolute Gasteiger partial charge is 0.452 e. The van der Waals surface area contributed by atoms with Crippen LogP contribution >= 0.6 is 11.6 Å². The van der Waals surface area contributed by atoms with Gasteiger partial charge in [-0.15, -0.1) is 6.58 Å². The molecular formula is C15H19ClN2O5S. The predicted molar refractivity (Wildman–Crippen MR) is 90.4 cm³/mol. The first-order valence-corrected chi connectivity index (χ1v) is 9.02. The molecule has 9 heteroatoms. The second-order valence-corrected chi connectivity index (χ2v) is 6.85. The van der Waals surface area contributed by atoms with Gasteiger partial charge in [0.1, 0.15) is 4.90 Å². The molecule has 1 rings (SSSR count). The molecule has 0 saturated carbocycles. The molecule has 0 aliphatic carbocycles. The minimum Gasteiger partial charge on any atom is -0.452 e. The summed E-state index contributed by atoms with van der Waals surface area (Å²) >= 11 is 5.89. The number of ether oxygens (including phenoxy) is 1. The standard InChI is InChI=1S/C15H19ClN2O5S/c1-3-7-17-14(19)10-23-15(20)11-5-6-12(16)13(9-11)24(21,22)18-8-4-2/h4-6,9,18H,2-3,7-8,10H2,1H3,(H,17,19). The molecule has 0 spiro atoms. The van der Waals surface area contributed by atoms with Crippen molar-refractivity contribution in [3.63, 3.8) is 0 Å². The van der Waals surface area contributed by atoms with Crippen LogP contribution in [0, 0.1) is 0 Å². The van der Waals surface area contributed by atoms with E-state index in [2.05, 4.69) is 16.6 Å². The summed E-state index contributed by atoms with van der Waals surface area (Å²) in [5, 5.41) is 2.52. The Bertz CT molecular complexity index is 719. The molecule has 132 valence electrons. The Morgan fingerprint density at radius 1 is 1.38 bits per heavy atom. The lowest BCUT2D eigenvalue weighted by atomic mass is 10.2. The molecule has 0 atom stereocenters. The van der Waals surface area contributed by atoms with Gasteiger partial charge in [0.25, 0.3) is 5.91 Å². The SMILES string of the molecule is C=CCNS(=O)(=O)c1cc(C(=O)OCC(=O)NCCC)ccc1Cl. The third-order valence-electron chi connectivity index (χ3n) is 2.78. The normalized spacial score (nSPS) is 10.9. The Hall–Kier alpha value is -1.90. The lowest BCUT2D eigenvalue weighted by Gasteiger charge is -2.09. The Labute approximate surface area is 146 Å². The fraction of sp³-hybridized carbons (Fsp3) is 0.333. The molecule has 1 aromatic carbocycles. The molecule has 0 fully saturated rings. The summed E-state index contributed by atoms with van der Waals surface area (Å²) in [4.78, 5) is 23.1. The van der Waals surface area contributed by atoms with Crippen LogP contribution in [0.1, 0.15) is 23.7 Å².